The molecule has 0 radical (unpaired) electrons. The minimum absolute atomic E-state index is 0.0649. The van der Waals surface area contributed by atoms with Crippen molar-refractivity contribution in [2.45, 2.75) is 84.5 Å². The highest BCUT2D eigenvalue weighted by Crippen LogP contribution is 2.33. The van der Waals surface area contributed by atoms with E-state index in [1.165, 1.54) is 44.9 Å². The molecule has 0 aliphatic heterocycles. The van der Waals surface area contributed by atoms with Crippen molar-refractivity contribution in [3.05, 3.63) is 42.0 Å². The molecule has 162 valence electrons. The van der Waals surface area contributed by atoms with E-state index in [2.05, 4.69) is 31.8 Å². The quantitative estimate of drug-likeness (QED) is 0.281. The lowest BCUT2D eigenvalue weighted by Gasteiger charge is -2.26. The van der Waals surface area contributed by atoms with Crippen molar-refractivity contribution >= 4 is 5.97 Å². The van der Waals surface area contributed by atoms with Crippen molar-refractivity contribution in [1.82, 2.24) is 0 Å². The van der Waals surface area contributed by atoms with E-state index in [9.17, 15) is 4.79 Å². The second kappa shape index (κ2) is 12.0. The molecule has 2 aliphatic carbocycles. The molecule has 0 aromatic heterocycles. The molecule has 0 saturated heterocycles. The Hall–Kier alpha value is -2.01. The Bertz CT molecular complexity index is 733. The summed E-state index contributed by atoms with van der Waals surface area (Å²) >= 11 is 0. The zero-order valence-corrected chi connectivity index (χ0v) is 18.9. The van der Waals surface area contributed by atoms with Gasteiger partial charge in [0, 0.05) is 5.56 Å². The van der Waals surface area contributed by atoms with E-state index < -0.39 is 0 Å². The van der Waals surface area contributed by atoms with Crippen LogP contribution in [-0.2, 0) is 4.79 Å². The van der Waals surface area contributed by atoms with Crippen LogP contribution >= 0.6 is 0 Å². The topological polar surface area (TPSA) is 26.3 Å². The second-order valence-electron chi connectivity index (χ2n) is 9.27. The third kappa shape index (κ3) is 7.05. The lowest BCUT2D eigenvalue weighted by molar-refractivity contribution is -0.140. The van der Waals surface area contributed by atoms with E-state index in [4.69, 9.17) is 4.74 Å². The van der Waals surface area contributed by atoms with Crippen molar-refractivity contribution in [3.63, 3.8) is 0 Å². The fourth-order valence-corrected chi connectivity index (χ4v) is 5.00. The lowest BCUT2D eigenvalue weighted by atomic mass is 9.80. The minimum atomic E-state index is -0.0653. The number of ether oxygens (including phenoxy) is 1. The Balaban J connectivity index is 1.42. The number of allylic oxidation sites excluding steroid dienone is 2. The summed E-state index contributed by atoms with van der Waals surface area (Å²) in [7, 11) is 0. The van der Waals surface area contributed by atoms with Gasteiger partial charge < -0.3 is 4.74 Å². The Morgan fingerprint density at radius 2 is 1.63 bits per heavy atom. The zero-order chi connectivity index (χ0) is 21.2. The summed E-state index contributed by atoms with van der Waals surface area (Å²) in [5.41, 5.74) is 0.953. The van der Waals surface area contributed by atoms with Crippen LogP contribution in [0.4, 0.5) is 0 Å². The highest BCUT2D eigenvalue weighted by atomic mass is 16.5. The van der Waals surface area contributed by atoms with Gasteiger partial charge in [0.2, 0.25) is 0 Å². The van der Waals surface area contributed by atoms with Gasteiger partial charge in [-0.25, -0.2) is 0 Å². The normalized spacial score (nSPS) is 26.7. The molecule has 0 N–H and O–H groups in total. The standard InChI is InChI=1S/C28H38O2/c1-3-7-23-14-18-26(19-15-23)28(29)30-27-20-16-25(17-21-27)9-6-5-8-24-12-10-22(4-2)11-13-24/h5,8,16-17,20-24,26H,3-4,7,10-15,18-19H2,1-2H3/t22-,23-,24-,26-. The molecular formula is C28H38O2. The van der Waals surface area contributed by atoms with Crippen LogP contribution < -0.4 is 4.74 Å². The van der Waals surface area contributed by atoms with Crippen LogP contribution in [0, 0.1) is 35.5 Å². The van der Waals surface area contributed by atoms with Gasteiger partial charge in [-0.2, -0.15) is 0 Å². The molecule has 2 nitrogen and oxygen atoms in total. The maximum atomic E-state index is 12.5. The third-order valence-electron chi connectivity index (χ3n) is 7.09. The first-order valence-electron chi connectivity index (χ1n) is 12.2. The maximum absolute atomic E-state index is 12.5. The first-order chi connectivity index (χ1) is 14.7. The summed E-state index contributed by atoms with van der Waals surface area (Å²) in [6.45, 7) is 4.54. The highest BCUT2D eigenvalue weighted by molar-refractivity contribution is 5.75. The molecule has 0 heterocycles. The average Bonchev–Trinajstić information content (AvgIpc) is 2.79. The minimum Gasteiger partial charge on any atom is -0.426 e. The predicted molar refractivity (Wildman–Crippen MR) is 124 cm³/mol. The molecule has 0 spiro atoms. The van der Waals surface area contributed by atoms with Crippen LogP contribution in [0.25, 0.3) is 0 Å². The molecule has 30 heavy (non-hydrogen) atoms. The Morgan fingerprint density at radius 3 is 2.27 bits per heavy atom. The van der Waals surface area contributed by atoms with E-state index in [1.807, 2.05) is 30.3 Å². The van der Waals surface area contributed by atoms with Crippen molar-refractivity contribution in [1.29, 1.82) is 0 Å². The summed E-state index contributed by atoms with van der Waals surface area (Å²) in [5.74, 6) is 9.41. The highest BCUT2D eigenvalue weighted by Gasteiger charge is 2.27. The van der Waals surface area contributed by atoms with Gasteiger partial charge in [0.25, 0.3) is 0 Å². The second-order valence-corrected chi connectivity index (χ2v) is 9.27. The van der Waals surface area contributed by atoms with Crippen LogP contribution in [0.1, 0.15) is 90.0 Å². The van der Waals surface area contributed by atoms with Gasteiger partial charge in [0.1, 0.15) is 5.75 Å². The fraction of sp³-hybridized carbons (Fsp3) is 0.607. The molecule has 0 amide bonds. The fourth-order valence-electron chi connectivity index (χ4n) is 5.00. The monoisotopic (exact) mass is 406 g/mol. The van der Waals surface area contributed by atoms with Crippen LogP contribution in [0.15, 0.2) is 36.4 Å². The van der Waals surface area contributed by atoms with Gasteiger partial charge in [0.15, 0.2) is 0 Å². The molecule has 2 fully saturated rings. The lowest BCUT2D eigenvalue weighted by Crippen LogP contribution is -2.25. The van der Waals surface area contributed by atoms with Crippen LogP contribution in [0.2, 0.25) is 0 Å². The van der Waals surface area contributed by atoms with Gasteiger partial charge in [0.05, 0.1) is 5.92 Å². The smallest absolute Gasteiger partial charge is 0.314 e. The van der Waals surface area contributed by atoms with E-state index in [1.54, 1.807) is 0 Å². The molecule has 0 unspecified atom stereocenters. The number of rotatable bonds is 6. The number of esters is 1. The van der Waals surface area contributed by atoms with Gasteiger partial charge >= 0.3 is 5.97 Å². The molecular weight excluding hydrogens is 368 g/mol. The van der Waals surface area contributed by atoms with E-state index in [-0.39, 0.29) is 11.9 Å². The van der Waals surface area contributed by atoms with Gasteiger partial charge in [-0.3, -0.25) is 4.79 Å². The van der Waals surface area contributed by atoms with Gasteiger partial charge in [-0.1, -0.05) is 51.0 Å². The van der Waals surface area contributed by atoms with Crippen molar-refractivity contribution in [2.24, 2.45) is 23.7 Å². The van der Waals surface area contributed by atoms with Crippen molar-refractivity contribution in [2.75, 3.05) is 0 Å². The van der Waals surface area contributed by atoms with Gasteiger partial charge in [-0.05, 0) is 99.5 Å². The summed E-state index contributed by atoms with van der Waals surface area (Å²) in [5, 5.41) is 0. The van der Waals surface area contributed by atoms with Crippen LogP contribution in [0.3, 0.4) is 0 Å². The number of hydrogen-bond donors (Lipinski definition) is 0. The van der Waals surface area contributed by atoms with Crippen LogP contribution in [0.5, 0.6) is 5.75 Å². The molecule has 2 heteroatoms. The predicted octanol–water partition coefficient (Wildman–Crippen LogP) is 7.32. The summed E-state index contributed by atoms with van der Waals surface area (Å²) in [6, 6.07) is 7.60. The van der Waals surface area contributed by atoms with E-state index >= 15 is 0 Å². The SMILES string of the molecule is CCC[C@H]1CC[C@H](C(=O)Oc2ccc(C#CC=C[C@H]3CC[C@H](CC)CC3)cc2)CC1. The zero-order valence-electron chi connectivity index (χ0n) is 18.9. The first-order valence-corrected chi connectivity index (χ1v) is 12.2. The van der Waals surface area contributed by atoms with E-state index in [0.29, 0.717) is 11.7 Å². The van der Waals surface area contributed by atoms with Crippen molar-refractivity contribution < 1.29 is 9.53 Å². The van der Waals surface area contributed by atoms with Crippen molar-refractivity contribution in [3.8, 4) is 17.6 Å². The van der Waals surface area contributed by atoms with E-state index in [0.717, 1.165) is 43.1 Å². The Kier molecular flexibility index (Phi) is 9.06. The Morgan fingerprint density at radius 1 is 0.967 bits per heavy atom. The Labute approximate surface area is 183 Å². The summed E-state index contributed by atoms with van der Waals surface area (Å²) in [4.78, 5) is 12.5. The first kappa shape index (κ1) is 22.7. The maximum Gasteiger partial charge on any atom is 0.314 e. The molecule has 1 aromatic rings. The van der Waals surface area contributed by atoms with Gasteiger partial charge in [-0.15, -0.1) is 0 Å². The molecule has 2 aliphatic rings. The molecule has 0 bridgehead atoms. The summed E-state index contributed by atoms with van der Waals surface area (Å²) < 4.78 is 5.63. The molecule has 2 saturated carbocycles. The third-order valence-corrected chi connectivity index (χ3v) is 7.09. The number of benzene rings is 1. The molecule has 1 aromatic carbocycles. The average molecular weight is 407 g/mol. The number of carbonyl (C=O) groups is 1. The summed E-state index contributed by atoms with van der Waals surface area (Å²) in [6.07, 6.45) is 17.7. The molecule has 0 atom stereocenters. The number of carbonyl (C=O) groups excluding carboxylic acids is 1. The largest absolute Gasteiger partial charge is 0.426 e. The van der Waals surface area contributed by atoms with Crippen LogP contribution in [-0.4, -0.2) is 5.97 Å². The molecule has 3 rings (SSSR count). The number of hydrogen-bond acceptors (Lipinski definition) is 2.